The number of carbonyl (C=O) groups is 5. The number of nitriles is 1. The summed E-state index contributed by atoms with van der Waals surface area (Å²) in [7, 11) is 1.34. The van der Waals surface area contributed by atoms with E-state index in [1.54, 1.807) is 84.9 Å². The molecule has 23 nitrogen and oxygen atoms in total. The number of carboxylic acid groups (broad SMARTS) is 2. The van der Waals surface area contributed by atoms with Gasteiger partial charge in [-0.2, -0.15) is 20.9 Å². The molecule has 3 heterocycles. The Bertz CT molecular complexity index is 6090. The van der Waals surface area contributed by atoms with Crippen molar-refractivity contribution < 1.29 is 44.0 Å². The van der Waals surface area contributed by atoms with Crippen LogP contribution in [0.5, 0.6) is 0 Å². The van der Waals surface area contributed by atoms with E-state index in [0.717, 1.165) is 111 Å². The van der Waals surface area contributed by atoms with Crippen molar-refractivity contribution in [3.05, 3.63) is 445 Å². The van der Waals surface area contributed by atoms with Crippen LogP contribution in [-0.4, -0.2) is 121 Å². The zero-order valence-corrected chi connectivity index (χ0v) is 88.2. The molecule has 6 N–H and O–H groups in total. The fraction of sp³-hybridized carbons (Fsp3) is 0.219. The number of hydrogen-bond acceptors (Lipinski definition) is 17. The highest BCUT2D eigenvalue weighted by Gasteiger charge is 2.45. The highest BCUT2D eigenvalue weighted by molar-refractivity contribution is 9.11. The molecule has 0 radical (unpaired) electrons. The monoisotopic (exact) mass is 2330 g/mol. The number of aldehydes is 1. The lowest BCUT2D eigenvalue weighted by Gasteiger charge is -2.34. The average molecular weight is 2340 g/mol. The van der Waals surface area contributed by atoms with Crippen LogP contribution in [0.25, 0.3) is 4.85 Å². The van der Waals surface area contributed by atoms with Crippen LogP contribution in [0.3, 0.4) is 0 Å². The fourth-order valence-corrected chi connectivity index (χ4v) is 17.8. The van der Waals surface area contributed by atoms with E-state index in [4.69, 9.17) is 16.4 Å². The minimum absolute atomic E-state index is 0.177. The van der Waals surface area contributed by atoms with Crippen molar-refractivity contribution in [2.75, 3.05) is 13.7 Å². The van der Waals surface area contributed by atoms with Crippen molar-refractivity contribution in [3.63, 3.8) is 0 Å². The number of nitrogens with zero attached hydrogens (tertiary/aromatic N) is 11. The number of aromatic carboxylic acids is 2. The molecule has 0 amide bonds. The van der Waals surface area contributed by atoms with Crippen LogP contribution in [0.1, 0.15) is 212 Å². The fourth-order valence-electron chi connectivity index (χ4n) is 15.7. The molecule has 1 unspecified atom stereocenters. The summed E-state index contributed by atoms with van der Waals surface area (Å²) in [6, 6.07) is 95.5. The number of carboxylic acids is 2. The molecule has 0 aliphatic heterocycles. The first-order valence-electron chi connectivity index (χ1n) is 42.8. The van der Waals surface area contributed by atoms with Crippen molar-refractivity contribution in [1.29, 1.82) is 5.26 Å². The molecule has 1 atom stereocenters. The maximum atomic E-state index is 11.9. The second kappa shape index (κ2) is 52.6. The minimum atomic E-state index is -1.01. The Labute approximate surface area is 858 Å². The molecule has 12 aromatic carbocycles. The smallest absolute Gasteiger partial charge is 0.337 e. The highest BCUT2D eigenvalue weighted by atomic mass is 79.9. The first kappa shape index (κ1) is 108. The third kappa shape index (κ3) is 29.2. The van der Waals surface area contributed by atoms with Gasteiger partial charge in [0.05, 0.1) is 52.0 Å². The number of rotatable bonds is 27. The molecule has 698 valence electrons. The van der Waals surface area contributed by atoms with Crippen LogP contribution in [0, 0.1) is 41.6 Å². The van der Waals surface area contributed by atoms with E-state index in [-0.39, 0.29) is 34.7 Å². The zero-order valence-electron chi connectivity index (χ0n) is 75.5. The Hall–Kier alpha value is -11.6. The van der Waals surface area contributed by atoms with Gasteiger partial charge in [-0.1, -0.05) is 338 Å². The standard InChI is InChI=1S/C22H24N4O4.C20H20N4O4.C18H18Br2N4.C18H17Br2N.C14H9Br2N.C7H5BrO.C6H5Br/c1-14(2)12-22(21-23-25-26-24-21,17-8-4-15(5-9-17)19(28)13-27)18-10-6-16(7-11-18)20(29)30-3;1-12(2)11-20(19-21-23-24-22-19,15-7-3-13(4-8-15)17(25)26)16-9-5-14(6-10-16)18(27)28;1-12(2)11-18(17-21-23-24-22-17,13-3-7-15(19)8-4-13)14-5-9-16(20)10-6-14;1-13(2)12-18(21-3,14-4-8-16(19)9-5-14)15-6-10-17(20)11-7-15;15-12-5-1-10(2-6-12)14(9-17)11-3-7-13(16)8-4-11;8-7-3-1-6(5-9)2-4-7;7-6-4-2-1-3-5-6/h4-11,14,27H,12-13H2,1-3H3,(H,23,24,25,26);3-10,12H,11H2,1-2H3,(H,25,26)(H,27,28)(H,21,22,23,24);3-10,12H,11H2,1-2H3,(H,21,22,23,24);4-11,13H,12H2,1-2H3;1-8,14H;1-5H;1-5H. The van der Waals surface area contributed by atoms with Gasteiger partial charge in [0.25, 0.3) is 5.54 Å². The first-order valence-corrected chi connectivity index (χ1v) is 49.1. The first-order chi connectivity index (χ1) is 65.2. The average Bonchev–Trinajstić information content (AvgIpc) is 1.40. The number of carbonyl (C=O) groups excluding carboxylic acids is 3. The van der Waals surface area contributed by atoms with E-state index >= 15 is 0 Å². The van der Waals surface area contributed by atoms with Gasteiger partial charge >= 0.3 is 17.9 Å². The molecule has 31 heteroatoms. The van der Waals surface area contributed by atoms with Crippen LogP contribution in [0.4, 0.5) is 0 Å². The highest BCUT2D eigenvalue weighted by Crippen LogP contribution is 2.47. The lowest BCUT2D eigenvalue weighted by Crippen LogP contribution is -2.33. The Balaban J connectivity index is 0.000000184. The van der Waals surface area contributed by atoms with Crippen LogP contribution in [0.15, 0.2) is 333 Å². The molecule has 15 rings (SSSR count). The summed E-state index contributed by atoms with van der Waals surface area (Å²) in [5, 5.41) is 81.6. The number of benzene rings is 12. The number of H-pyrrole nitrogens is 3. The largest absolute Gasteiger partial charge is 0.478 e. The van der Waals surface area contributed by atoms with E-state index < -0.39 is 46.3 Å². The molecule has 0 saturated heterocycles. The number of aliphatic hydroxyl groups excluding tert-OH is 1. The number of tetrazole rings is 3. The Kier molecular flexibility index (Phi) is 41.8. The number of ketones is 1. The second-order valence-corrected chi connectivity index (χ2v) is 40.3. The molecule has 3 aromatic heterocycles. The molecular formula is C105H98Br8N14O9. The maximum absolute atomic E-state index is 11.9. The predicted molar refractivity (Wildman–Crippen MR) is 556 cm³/mol. The topological polar surface area (TPSA) is 347 Å². The van der Waals surface area contributed by atoms with Gasteiger partial charge in [-0.25, -0.2) is 21.0 Å². The molecule has 0 bridgehead atoms. The number of Topliss-reactive ketones (excluding diaryl/α,β-unsaturated/α-hetero) is 1. The summed E-state index contributed by atoms with van der Waals surface area (Å²) in [5.41, 5.74) is 9.10. The van der Waals surface area contributed by atoms with Crippen LogP contribution >= 0.6 is 127 Å². The predicted octanol–water partition coefficient (Wildman–Crippen LogP) is 26.6. The number of methoxy groups -OCH3 is 1. The van der Waals surface area contributed by atoms with Crippen molar-refractivity contribution in [2.24, 2.45) is 23.7 Å². The SMILES string of the molecule is Brc1ccccc1.CC(C)CC(c1ccc(Br)cc1)(c1ccc(Br)cc1)c1nn[nH]n1.CC(C)CC(c1ccc(C(=O)O)cc1)(c1ccc(C(=O)O)cc1)c1nn[nH]n1.COC(=O)c1ccc(C(CC(C)C)(c2ccc(C(=O)CO)cc2)c2nn[nH]n2)cc1.N#CC(c1ccc(Br)cc1)c1ccc(Br)cc1.O=Cc1ccc(Br)cc1.[C-]#[N+]C(CC(C)C)(c1ccc(Br)cc1)c1ccc(Br)cc1. The van der Waals surface area contributed by atoms with E-state index in [9.17, 15) is 39.4 Å². The van der Waals surface area contributed by atoms with Crippen molar-refractivity contribution in [3.8, 4) is 6.07 Å². The van der Waals surface area contributed by atoms with Gasteiger partial charge in [0.15, 0.2) is 23.3 Å². The van der Waals surface area contributed by atoms with Crippen LogP contribution in [0.2, 0.25) is 0 Å². The summed E-state index contributed by atoms with van der Waals surface area (Å²) in [4.78, 5) is 60.4. The quantitative estimate of drug-likeness (QED) is 0.0121. The van der Waals surface area contributed by atoms with E-state index in [2.05, 4.69) is 304 Å². The van der Waals surface area contributed by atoms with Crippen LogP contribution < -0.4 is 0 Å². The minimum Gasteiger partial charge on any atom is -0.478 e. The van der Waals surface area contributed by atoms with Crippen molar-refractivity contribution in [2.45, 2.75) is 109 Å². The van der Waals surface area contributed by atoms with Gasteiger partial charge in [-0.05, 0) is 245 Å². The van der Waals surface area contributed by atoms with Gasteiger partial charge in [-0.3, -0.25) is 14.4 Å². The third-order valence-electron chi connectivity index (χ3n) is 21.7. The molecular weight excluding hydrogens is 2240 g/mol. The third-order valence-corrected chi connectivity index (χ3v) is 25.9. The molecule has 0 spiro atoms. The molecule has 0 aliphatic carbocycles. The Morgan fingerprint density at radius 3 is 0.868 bits per heavy atom. The number of aromatic nitrogens is 12. The summed E-state index contributed by atoms with van der Waals surface area (Å²) in [5.74, 6) is 0.0207. The number of hydrogen-bond donors (Lipinski definition) is 6. The van der Waals surface area contributed by atoms with Crippen LogP contribution in [-0.2, 0) is 26.5 Å². The van der Waals surface area contributed by atoms with Gasteiger partial charge in [0, 0.05) is 64.5 Å². The molecule has 0 fully saturated rings. The maximum Gasteiger partial charge on any atom is 0.337 e. The number of esters is 1. The number of ether oxygens (including phenoxy) is 1. The summed E-state index contributed by atoms with van der Waals surface area (Å²) < 4.78 is 13.1. The van der Waals surface area contributed by atoms with Gasteiger partial charge in [0.2, 0.25) is 0 Å². The normalized spacial score (nSPS) is 11.4. The Morgan fingerprint density at radius 2 is 0.640 bits per heavy atom. The summed E-state index contributed by atoms with van der Waals surface area (Å²) in [6.07, 6.45) is 3.80. The van der Waals surface area contributed by atoms with Crippen molar-refractivity contribution in [1.82, 2.24) is 61.9 Å². The van der Waals surface area contributed by atoms with E-state index in [1.807, 2.05) is 164 Å². The number of aromatic amines is 3. The molecule has 0 aliphatic rings. The van der Waals surface area contributed by atoms with Gasteiger partial charge < -0.3 is 20.1 Å². The number of halogens is 8. The molecule has 136 heavy (non-hydrogen) atoms. The van der Waals surface area contributed by atoms with Gasteiger partial charge in [-0.15, -0.1) is 30.6 Å². The summed E-state index contributed by atoms with van der Waals surface area (Å²) in [6.45, 7) is 24.4. The molecule has 0 saturated carbocycles. The van der Waals surface area contributed by atoms with Crippen molar-refractivity contribution >= 4 is 157 Å². The number of aliphatic hydroxyl groups is 1. The number of nitrogens with one attached hydrogen (secondary N) is 3. The molecule has 15 aromatic rings. The lowest BCUT2D eigenvalue weighted by atomic mass is 9.68. The zero-order chi connectivity index (χ0) is 98.7. The second-order valence-electron chi connectivity index (χ2n) is 32.9. The van der Waals surface area contributed by atoms with E-state index in [0.29, 0.717) is 58.8 Å². The Morgan fingerprint density at radius 1 is 0.382 bits per heavy atom. The lowest BCUT2D eigenvalue weighted by molar-refractivity contribution is 0.0598. The summed E-state index contributed by atoms with van der Waals surface area (Å²) >= 11 is 27.3. The van der Waals surface area contributed by atoms with E-state index in [1.165, 1.54) is 7.11 Å². The van der Waals surface area contributed by atoms with Gasteiger partial charge in [0.1, 0.15) is 12.9 Å².